The van der Waals surface area contributed by atoms with Crippen molar-refractivity contribution in [3.05, 3.63) is 16.4 Å². The molecule has 0 saturated carbocycles. The summed E-state index contributed by atoms with van der Waals surface area (Å²) in [6.07, 6.45) is 2.23. The normalized spacial score (nSPS) is 16.7. The number of nitrogens with zero attached hydrogens (tertiary/aromatic N) is 3. The molecule has 1 amide bonds. The Morgan fingerprint density at radius 1 is 1.45 bits per heavy atom. The summed E-state index contributed by atoms with van der Waals surface area (Å²) < 4.78 is 1.89. The van der Waals surface area contributed by atoms with Gasteiger partial charge < -0.3 is 10.2 Å². The molecule has 1 atom stereocenters. The topological polar surface area (TPSA) is 50.2 Å². The number of amides is 1. The van der Waals surface area contributed by atoms with Gasteiger partial charge in [0.25, 0.3) is 0 Å². The number of rotatable bonds is 5. The molecule has 1 aromatic rings. The minimum Gasteiger partial charge on any atom is -0.341 e. The molecule has 1 N–H and O–H groups in total. The molecule has 6 heteroatoms. The number of hydrogen-bond acceptors (Lipinski definition) is 3. The number of halogens is 1. The summed E-state index contributed by atoms with van der Waals surface area (Å²) in [6, 6.07) is -0.190. The Morgan fingerprint density at radius 2 is 2.10 bits per heavy atom. The van der Waals surface area contributed by atoms with Gasteiger partial charge in [0, 0.05) is 26.2 Å². The highest BCUT2D eigenvalue weighted by atomic mass is 35.5. The van der Waals surface area contributed by atoms with Crippen molar-refractivity contribution in [1.82, 2.24) is 20.0 Å². The summed E-state index contributed by atoms with van der Waals surface area (Å²) in [5.74, 6) is 0.179. The third-order valence-electron chi connectivity index (χ3n) is 3.82. The fourth-order valence-corrected chi connectivity index (χ4v) is 2.79. The molecule has 1 fully saturated rings. The number of aryl methyl sites for hydroxylation is 2. The second kappa shape index (κ2) is 6.59. The third-order valence-corrected chi connectivity index (χ3v) is 4.31. The SMILES string of the molecule is CCn1nc(C)c(Cl)c1CNC(C)C(=O)N1CCCC1. The summed E-state index contributed by atoms with van der Waals surface area (Å²) in [6.45, 7) is 8.96. The molecular weight excluding hydrogens is 276 g/mol. The zero-order valence-electron chi connectivity index (χ0n) is 12.4. The maximum atomic E-state index is 12.2. The van der Waals surface area contributed by atoms with Gasteiger partial charge in [0.15, 0.2) is 0 Å². The van der Waals surface area contributed by atoms with Gasteiger partial charge in [0.2, 0.25) is 5.91 Å². The van der Waals surface area contributed by atoms with Crippen LogP contribution in [0.15, 0.2) is 0 Å². The Hall–Kier alpha value is -1.07. The molecule has 112 valence electrons. The van der Waals surface area contributed by atoms with Crippen LogP contribution in [0.25, 0.3) is 0 Å². The minimum atomic E-state index is -0.190. The fourth-order valence-electron chi connectivity index (χ4n) is 2.59. The lowest BCUT2D eigenvalue weighted by atomic mass is 10.2. The van der Waals surface area contributed by atoms with Crippen molar-refractivity contribution in [2.75, 3.05) is 13.1 Å². The van der Waals surface area contributed by atoms with E-state index < -0.39 is 0 Å². The summed E-state index contributed by atoms with van der Waals surface area (Å²) in [7, 11) is 0. The van der Waals surface area contributed by atoms with Crippen LogP contribution in [0, 0.1) is 6.92 Å². The van der Waals surface area contributed by atoms with Crippen LogP contribution >= 0.6 is 11.6 Å². The van der Waals surface area contributed by atoms with Gasteiger partial charge in [0.05, 0.1) is 22.5 Å². The highest BCUT2D eigenvalue weighted by Gasteiger charge is 2.23. The van der Waals surface area contributed by atoms with Crippen molar-refractivity contribution in [1.29, 1.82) is 0 Å². The van der Waals surface area contributed by atoms with E-state index in [2.05, 4.69) is 10.4 Å². The molecule has 0 spiro atoms. The van der Waals surface area contributed by atoms with Crippen LogP contribution in [-0.4, -0.2) is 39.7 Å². The second-order valence-electron chi connectivity index (χ2n) is 5.30. The summed E-state index contributed by atoms with van der Waals surface area (Å²) in [5, 5.41) is 8.34. The molecule has 2 rings (SSSR count). The Morgan fingerprint density at radius 3 is 2.70 bits per heavy atom. The monoisotopic (exact) mass is 298 g/mol. The van der Waals surface area contributed by atoms with E-state index in [1.54, 1.807) is 0 Å². The lowest BCUT2D eigenvalue weighted by Gasteiger charge is -2.21. The first-order chi connectivity index (χ1) is 9.54. The quantitative estimate of drug-likeness (QED) is 0.904. The molecular formula is C14H23ClN4O. The van der Waals surface area contributed by atoms with E-state index in [4.69, 9.17) is 11.6 Å². The van der Waals surface area contributed by atoms with E-state index in [1.165, 1.54) is 0 Å². The van der Waals surface area contributed by atoms with Crippen molar-refractivity contribution < 1.29 is 4.79 Å². The number of carbonyl (C=O) groups is 1. The fraction of sp³-hybridized carbons (Fsp3) is 0.714. The van der Waals surface area contributed by atoms with E-state index in [-0.39, 0.29) is 11.9 Å². The van der Waals surface area contributed by atoms with Gasteiger partial charge in [-0.15, -0.1) is 0 Å². The molecule has 5 nitrogen and oxygen atoms in total. The predicted octanol–water partition coefficient (Wildman–Crippen LogP) is 1.97. The average Bonchev–Trinajstić information content (AvgIpc) is 3.06. The molecule has 2 heterocycles. The molecule has 1 unspecified atom stereocenters. The van der Waals surface area contributed by atoms with E-state index in [1.807, 2.05) is 30.4 Å². The number of hydrogen-bond donors (Lipinski definition) is 1. The molecule has 1 aliphatic rings. The zero-order chi connectivity index (χ0) is 14.7. The van der Waals surface area contributed by atoms with Gasteiger partial charge in [-0.05, 0) is 33.6 Å². The van der Waals surface area contributed by atoms with Gasteiger partial charge >= 0.3 is 0 Å². The van der Waals surface area contributed by atoms with Gasteiger partial charge in [-0.1, -0.05) is 11.6 Å². The highest BCUT2D eigenvalue weighted by molar-refractivity contribution is 6.31. The molecule has 1 aliphatic heterocycles. The van der Waals surface area contributed by atoms with Crippen molar-refractivity contribution in [3.8, 4) is 0 Å². The maximum Gasteiger partial charge on any atom is 0.239 e. The standard InChI is InChI=1S/C14H23ClN4O/c1-4-19-12(13(15)10(2)17-19)9-16-11(3)14(20)18-7-5-6-8-18/h11,16H,4-9H2,1-3H3. The van der Waals surface area contributed by atoms with Crippen molar-refractivity contribution in [2.24, 2.45) is 0 Å². The van der Waals surface area contributed by atoms with Crippen molar-refractivity contribution in [2.45, 2.75) is 52.7 Å². The van der Waals surface area contributed by atoms with Crippen LogP contribution in [0.2, 0.25) is 5.02 Å². The van der Waals surface area contributed by atoms with Crippen LogP contribution in [-0.2, 0) is 17.9 Å². The lowest BCUT2D eigenvalue weighted by Crippen LogP contribution is -2.43. The van der Waals surface area contributed by atoms with E-state index in [0.717, 1.165) is 43.9 Å². The minimum absolute atomic E-state index is 0.179. The molecule has 20 heavy (non-hydrogen) atoms. The largest absolute Gasteiger partial charge is 0.341 e. The molecule has 1 aromatic heterocycles. The van der Waals surface area contributed by atoms with Crippen LogP contribution in [0.3, 0.4) is 0 Å². The number of nitrogens with one attached hydrogen (secondary N) is 1. The highest BCUT2D eigenvalue weighted by Crippen LogP contribution is 2.20. The Labute approximate surface area is 125 Å². The first kappa shape index (κ1) is 15.3. The molecule has 0 bridgehead atoms. The van der Waals surface area contributed by atoms with Crippen molar-refractivity contribution >= 4 is 17.5 Å². The van der Waals surface area contributed by atoms with Crippen molar-refractivity contribution in [3.63, 3.8) is 0 Å². The van der Waals surface area contributed by atoms with Gasteiger partial charge in [-0.25, -0.2) is 0 Å². The van der Waals surface area contributed by atoms with Crippen LogP contribution < -0.4 is 5.32 Å². The lowest BCUT2D eigenvalue weighted by molar-refractivity contribution is -0.132. The number of aromatic nitrogens is 2. The number of likely N-dealkylation sites (tertiary alicyclic amines) is 1. The summed E-state index contributed by atoms with van der Waals surface area (Å²) >= 11 is 6.26. The molecule has 0 aromatic carbocycles. The summed E-state index contributed by atoms with van der Waals surface area (Å²) in [4.78, 5) is 14.2. The smallest absolute Gasteiger partial charge is 0.239 e. The van der Waals surface area contributed by atoms with Gasteiger partial charge in [-0.3, -0.25) is 9.48 Å². The van der Waals surface area contributed by atoms with E-state index in [0.29, 0.717) is 11.6 Å². The first-order valence-corrected chi connectivity index (χ1v) is 7.66. The van der Waals surface area contributed by atoms with E-state index >= 15 is 0 Å². The Kier molecular flexibility index (Phi) is 5.05. The third kappa shape index (κ3) is 3.15. The van der Waals surface area contributed by atoms with E-state index in [9.17, 15) is 4.79 Å². The van der Waals surface area contributed by atoms with Gasteiger partial charge in [0.1, 0.15) is 0 Å². The second-order valence-corrected chi connectivity index (χ2v) is 5.67. The van der Waals surface area contributed by atoms with Crippen LogP contribution in [0.4, 0.5) is 0 Å². The maximum absolute atomic E-state index is 12.2. The molecule has 1 saturated heterocycles. The molecule has 0 aliphatic carbocycles. The Bertz CT molecular complexity index is 480. The average molecular weight is 299 g/mol. The van der Waals surface area contributed by atoms with Crippen LogP contribution in [0.5, 0.6) is 0 Å². The van der Waals surface area contributed by atoms with Crippen LogP contribution in [0.1, 0.15) is 38.1 Å². The van der Waals surface area contributed by atoms with Gasteiger partial charge in [-0.2, -0.15) is 5.10 Å². The molecule has 0 radical (unpaired) electrons. The Balaban J connectivity index is 1.96. The first-order valence-electron chi connectivity index (χ1n) is 7.28. The number of carbonyl (C=O) groups excluding carboxylic acids is 1. The summed E-state index contributed by atoms with van der Waals surface area (Å²) in [5.41, 5.74) is 1.79. The zero-order valence-corrected chi connectivity index (χ0v) is 13.2. The predicted molar refractivity (Wildman–Crippen MR) is 79.8 cm³/mol.